The molecule has 0 aliphatic heterocycles. The molecule has 1 aromatic heterocycles. The summed E-state index contributed by atoms with van der Waals surface area (Å²) in [4.78, 5) is 0. The summed E-state index contributed by atoms with van der Waals surface area (Å²) in [5.41, 5.74) is 3.39. The van der Waals surface area contributed by atoms with Gasteiger partial charge in [0.1, 0.15) is 5.15 Å². The molecule has 2 aromatic rings. The van der Waals surface area contributed by atoms with Crippen LogP contribution >= 0.6 is 35.0 Å². The monoisotopic (exact) mass is 300 g/mol. The molecule has 0 spiro atoms. The molecule has 2 nitrogen and oxygen atoms in total. The first-order valence-corrected chi connectivity index (χ1v) is 7.49. The molecule has 0 amide bonds. The van der Waals surface area contributed by atoms with E-state index in [0.717, 1.165) is 32.9 Å². The number of benzene rings is 1. The average Bonchev–Trinajstić information content (AvgIpc) is 2.58. The van der Waals surface area contributed by atoms with Crippen molar-refractivity contribution in [3.05, 3.63) is 51.3 Å². The van der Waals surface area contributed by atoms with E-state index in [4.69, 9.17) is 23.2 Å². The van der Waals surface area contributed by atoms with Crippen LogP contribution < -0.4 is 0 Å². The van der Waals surface area contributed by atoms with Crippen LogP contribution in [0.15, 0.2) is 24.3 Å². The van der Waals surface area contributed by atoms with E-state index in [0.29, 0.717) is 0 Å². The van der Waals surface area contributed by atoms with Gasteiger partial charge in [0.25, 0.3) is 0 Å². The molecule has 0 fully saturated rings. The van der Waals surface area contributed by atoms with E-state index in [2.05, 4.69) is 5.10 Å². The van der Waals surface area contributed by atoms with E-state index in [1.165, 1.54) is 5.56 Å². The summed E-state index contributed by atoms with van der Waals surface area (Å²) < 4.78 is 1.72. The predicted molar refractivity (Wildman–Crippen MR) is 79.4 cm³/mol. The van der Waals surface area contributed by atoms with Gasteiger partial charge in [0.05, 0.1) is 5.69 Å². The molecular weight excluding hydrogens is 287 g/mol. The highest BCUT2D eigenvalue weighted by Gasteiger charge is 2.10. The van der Waals surface area contributed by atoms with Gasteiger partial charge in [-0.25, -0.2) is 0 Å². The van der Waals surface area contributed by atoms with Crippen molar-refractivity contribution in [1.82, 2.24) is 9.78 Å². The summed E-state index contributed by atoms with van der Waals surface area (Å²) in [6.07, 6.45) is 0. The molecule has 0 unspecified atom stereocenters. The lowest BCUT2D eigenvalue weighted by atomic mass is 10.2. The zero-order chi connectivity index (χ0) is 13.1. The van der Waals surface area contributed by atoms with Gasteiger partial charge in [0.2, 0.25) is 0 Å². The second kappa shape index (κ2) is 6.00. The molecule has 0 bridgehead atoms. The van der Waals surface area contributed by atoms with Crippen molar-refractivity contribution in [3.8, 4) is 0 Å². The van der Waals surface area contributed by atoms with Crippen LogP contribution in [0.1, 0.15) is 16.8 Å². The van der Waals surface area contributed by atoms with Crippen LogP contribution in [-0.2, 0) is 18.6 Å². The Hall–Kier alpha value is -0.640. The van der Waals surface area contributed by atoms with Gasteiger partial charge in [-0.05, 0) is 24.6 Å². The quantitative estimate of drug-likeness (QED) is 0.829. The molecule has 96 valence electrons. The van der Waals surface area contributed by atoms with Gasteiger partial charge >= 0.3 is 0 Å². The second-order valence-corrected chi connectivity index (χ2v) is 5.88. The summed E-state index contributed by atoms with van der Waals surface area (Å²) in [6, 6.07) is 7.93. The number of thioether (sulfide) groups is 1. The maximum atomic E-state index is 6.19. The van der Waals surface area contributed by atoms with Crippen molar-refractivity contribution in [3.63, 3.8) is 0 Å². The van der Waals surface area contributed by atoms with E-state index < -0.39 is 0 Å². The zero-order valence-electron chi connectivity index (χ0n) is 10.3. The van der Waals surface area contributed by atoms with Crippen LogP contribution in [-0.4, -0.2) is 9.78 Å². The van der Waals surface area contributed by atoms with Crippen LogP contribution in [0.5, 0.6) is 0 Å². The smallest absolute Gasteiger partial charge is 0.131 e. The first-order chi connectivity index (χ1) is 8.58. The third-order valence-electron chi connectivity index (χ3n) is 2.70. The van der Waals surface area contributed by atoms with Gasteiger partial charge in [0.15, 0.2) is 0 Å². The van der Waals surface area contributed by atoms with Gasteiger partial charge in [-0.1, -0.05) is 35.3 Å². The predicted octanol–water partition coefficient (Wildman–Crippen LogP) is 4.47. The van der Waals surface area contributed by atoms with Gasteiger partial charge in [-0.3, -0.25) is 4.68 Å². The molecule has 1 heterocycles. The molecule has 0 saturated carbocycles. The van der Waals surface area contributed by atoms with Crippen molar-refractivity contribution in [1.29, 1.82) is 0 Å². The minimum Gasteiger partial charge on any atom is -0.257 e. The van der Waals surface area contributed by atoms with Crippen LogP contribution in [0.25, 0.3) is 0 Å². The topological polar surface area (TPSA) is 17.8 Å². The standard InChI is InChI=1S/C13H14Cl2N2S/c1-9-12(13(15)17(2)16-9)8-18-7-10-3-5-11(14)6-4-10/h3-6H,7-8H2,1-2H3. The SMILES string of the molecule is Cc1nn(C)c(Cl)c1CSCc1ccc(Cl)cc1. The van der Waals surface area contributed by atoms with Gasteiger partial charge in [0, 0.05) is 29.1 Å². The number of aryl methyl sites for hydroxylation is 2. The van der Waals surface area contributed by atoms with Gasteiger partial charge in [-0.2, -0.15) is 16.9 Å². The van der Waals surface area contributed by atoms with Crippen molar-refractivity contribution in [2.75, 3.05) is 0 Å². The molecule has 0 aliphatic rings. The summed E-state index contributed by atoms with van der Waals surface area (Å²) in [5.74, 6) is 1.82. The van der Waals surface area contributed by atoms with Crippen LogP contribution in [0, 0.1) is 6.92 Å². The highest BCUT2D eigenvalue weighted by molar-refractivity contribution is 7.97. The highest BCUT2D eigenvalue weighted by Crippen LogP contribution is 2.26. The summed E-state index contributed by atoms with van der Waals surface area (Å²) in [5, 5.41) is 5.81. The first kappa shape index (κ1) is 13.8. The number of nitrogens with zero attached hydrogens (tertiary/aromatic N) is 2. The molecule has 2 rings (SSSR count). The Morgan fingerprint density at radius 2 is 1.83 bits per heavy atom. The van der Waals surface area contributed by atoms with E-state index in [9.17, 15) is 0 Å². The molecule has 0 saturated heterocycles. The Bertz CT molecular complexity index is 535. The summed E-state index contributed by atoms with van der Waals surface area (Å²) in [6.45, 7) is 1.99. The Morgan fingerprint density at radius 3 is 2.39 bits per heavy atom. The molecule has 18 heavy (non-hydrogen) atoms. The first-order valence-electron chi connectivity index (χ1n) is 5.58. The Labute approximate surface area is 121 Å². The second-order valence-electron chi connectivity index (χ2n) is 4.10. The number of rotatable bonds is 4. The zero-order valence-corrected chi connectivity index (χ0v) is 12.6. The molecule has 0 atom stereocenters. The van der Waals surface area contributed by atoms with Crippen LogP contribution in [0.3, 0.4) is 0 Å². The molecule has 1 aromatic carbocycles. The third-order valence-corrected chi connectivity index (χ3v) is 4.45. The van der Waals surface area contributed by atoms with Crippen LogP contribution in [0.4, 0.5) is 0 Å². The van der Waals surface area contributed by atoms with Crippen molar-refractivity contribution >= 4 is 35.0 Å². The molecule has 5 heteroatoms. The number of hydrogen-bond donors (Lipinski definition) is 0. The highest BCUT2D eigenvalue weighted by atomic mass is 35.5. The molecule has 0 N–H and O–H groups in total. The van der Waals surface area contributed by atoms with Gasteiger partial charge < -0.3 is 0 Å². The normalized spacial score (nSPS) is 10.9. The van der Waals surface area contributed by atoms with Crippen molar-refractivity contribution in [2.45, 2.75) is 18.4 Å². The lowest BCUT2D eigenvalue weighted by molar-refractivity contribution is 0.757. The largest absolute Gasteiger partial charge is 0.257 e. The molecule has 0 radical (unpaired) electrons. The van der Waals surface area contributed by atoms with E-state index in [1.807, 2.05) is 50.0 Å². The number of aromatic nitrogens is 2. The fraction of sp³-hybridized carbons (Fsp3) is 0.308. The third kappa shape index (κ3) is 3.22. The summed E-state index contributed by atoms with van der Waals surface area (Å²) in [7, 11) is 1.86. The Balaban J connectivity index is 1.94. The fourth-order valence-electron chi connectivity index (χ4n) is 1.69. The van der Waals surface area contributed by atoms with Gasteiger partial charge in [-0.15, -0.1) is 0 Å². The van der Waals surface area contributed by atoms with E-state index >= 15 is 0 Å². The van der Waals surface area contributed by atoms with E-state index in [-0.39, 0.29) is 0 Å². The fourth-order valence-corrected chi connectivity index (χ4v) is 3.22. The van der Waals surface area contributed by atoms with E-state index in [1.54, 1.807) is 4.68 Å². The lowest BCUT2D eigenvalue weighted by Crippen LogP contribution is -1.89. The Kier molecular flexibility index (Phi) is 4.60. The van der Waals surface area contributed by atoms with Crippen molar-refractivity contribution < 1.29 is 0 Å². The average molecular weight is 301 g/mol. The number of hydrogen-bond acceptors (Lipinski definition) is 2. The lowest BCUT2D eigenvalue weighted by Gasteiger charge is -2.02. The summed E-state index contributed by atoms with van der Waals surface area (Å²) >= 11 is 13.9. The van der Waals surface area contributed by atoms with Crippen LogP contribution in [0.2, 0.25) is 10.2 Å². The molecular formula is C13H14Cl2N2S. The number of halogens is 2. The minimum atomic E-state index is 0.733. The molecule has 0 aliphatic carbocycles. The van der Waals surface area contributed by atoms with Crippen molar-refractivity contribution in [2.24, 2.45) is 7.05 Å². The maximum absolute atomic E-state index is 6.19. The Morgan fingerprint density at radius 1 is 1.17 bits per heavy atom. The minimum absolute atomic E-state index is 0.733. The maximum Gasteiger partial charge on any atom is 0.131 e.